The molecule has 0 fully saturated rings. The van der Waals surface area contributed by atoms with Crippen LogP contribution in [0.3, 0.4) is 0 Å². The highest BCUT2D eigenvalue weighted by atomic mass is 19.2. The summed E-state index contributed by atoms with van der Waals surface area (Å²) in [5.74, 6) is -3.19. The van der Waals surface area contributed by atoms with Crippen LogP contribution in [0.25, 0.3) is 0 Å². The van der Waals surface area contributed by atoms with Gasteiger partial charge >= 0.3 is 5.69 Å². The maximum Gasteiger partial charge on any atom is 0.314 e. The standard InChI is InChI=1S/C10H12F2N2O3/c1-6(5-13-2)17-10-8(14(15)16)4-3-7(11)9(10)12/h3-4,6,13H,5H2,1-2H3. The van der Waals surface area contributed by atoms with E-state index in [0.717, 1.165) is 6.07 Å². The van der Waals surface area contributed by atoms with E-state index in [4.69, 9.17) is 4.74 Å². The number of nitrogens with one attached hydrogen (secondary N) is 1. The van der Waals surface area contributed by atoms with Crippen LogP contribution in [0, 0.1) is 21.7 Å². The van der Waals surface area contributed by atoms with E-state index in [9.17, 15) is 18.9 Å². The number of hydrogen-bond donors (Lipinski definition) is 1. The van der Waals surface area contributed by atoms with E-state index in [1.165, 1.54) is 0 Å². The van der Waals surface area contributed by atoms with Crippen molar-refractivity contribution in [3.63, 3.8) is 0 Å². The summed E-state index contributed by atoms with van der Waals surface area (Å²) in [5, 5.41) is 13.4. The molecule has 1 atom stereocenters. The summed E-state index contributed by atoms with van der Waals surface area (Å²) >= 11 is 0. The minimum Gasteiger partial charge on any atom is -0.480 e. The smallest absolute Gasteiger partial charge is 0.314 e. The number of halogens is 2. The van der Waals surface area contributed by atoms with E-state index >= 15 is 0 Å². The highest BCUT2D eigenvalue weighted by Gasteiger charge is 2.24. The zero-order valence-corrected chi connectivity index (χ0v) is 9.37. The van der Waals surface area contributed by atoms with Crippen molar-refractivity contribution in [2.24, 2.45) is 0 Å². The van der Waals surface area contributed by atoms with Crippen LogP contribution in [0.5, 0.6) is 5.75 Å². The first kappa shape index (κ1) is 13.3. The highest BCUT2D eigenvalue weighted by molar-refractivity contribution is 5.47. The molecule has 0 aromatic heterocycles. The van der Waals surface area contributed by atoms with Crippen LogP contribution in [-0.2, 0) is 0 Å². The Morgan fingerprint density at radius 2 is 2.18 bits per heavy atom. The molecule has 0 heterocycles. The van der Waals surface area contributed by atoms with Crippen molar-refractivity contribution < 1.29 is 18.4 Å². The van der Waals surface area contributed by atoms with Gasteiger partial charge in [0.25, 0.3) is 0 Å². The average molecular weight is 246 g/mol. The molecule has 1 N–H and O–H groups in total. The number of likely N-dealkylation sites (N-methyl/N-ethyl adjacent to an activating group) is 1. The van der Waals surface area contributed by atoms with Gasteiger partial charge in [-0.1, -0.05) is 0 Å². The van der Waals surface area contributed by atoms with E-state index in [1.54, 1.807) is 14.0 Å². The third kappa shape index (κ3) is 3.10. The Kier molecular flexibility index (Phi) is 4.33. The topological polar surface area (TPSA) is 64.4 Å². The van der Waals surface area contributed by atoms with Gasteiger partial charge in [0.15, 0.2) is 5.82 Å². The number of nitrogens with zero attached hydrogens (tertiary/aromatic N) is 1. The average Bonchev–Trinajstić information content (AvgIpc) is 2.25. The predicted molar refractivity (Wildman–Crippen MR) is 57.0 cm³/mol. The fraction of sp³-hybridized carbons (Fsp3) is 0.400. The van der Waals surface area contributed by atoms with Crippen molar-refractivity contribution in [2.75, 3.05) is 13.6 Å². The minimum atomic E-state index is -1.35. The van der Waals surface area contributed by atoms with Crippen molar-refractivity contribution in [1.82, 2.24) is 5.32 Å². The number of nitro benzene ring substituents is 1. The lowest BCUT2D eigenvalue weighted by Crippen LogP contribution is -2.26. The summed E-state index contributed by atoms with van der Waals surface area (Å²) in [6.45, 7) is 1.94. The SMILES string of the molecule is CNCC(C)Oc1c([N+](=O)[O-])ccc(F)c1F. The Balaban J connectivity index is 3.10. The number of nitro groups is 1. The highest BCUT2D eigenvalue weighted by Crippen LogP contribution is 2.32. The molecule has 1 unspecified atom stereocenters. The van der Waals surface area contributed by atoms with Gasteiger partial charge in [-0.05, 0) is 20.0 Å². The van der Waals surface area contributed by atoms with Crippen molar-refractivity contribution in [3.05, 3.63) is 33.9 Å². The van der Waals surface area contributed by atoms with Crippen LogP contribution in [0.1, 0.15) is 6.92 Å². The van der Waals surface area contributed by atoms with Crippen LogP contribution in [-0.4, -0.2) is 24.6 Å². The number of hydrogen-bond acceptors (Lipinski definition) is 4. The summed E-state index contributed by atoms with van der Waals surface area (Å²) in [6, 6.07) is 1.57. The number of benzene rings is 1. The molecule has 1 rings (SSSR count). The Morgan fingerprint density at radius 1 is 1.53 bits per heavy atom. The summed E-state index contributed by atoms with van der Waals surface area (Å²) in [4.78, 5) is 9.83. The van der Waals surface area contributed by atoms with Crippen molar-refractivity contribution in [2.45, 2.75) is 13.0 Å². The molecule has 0 radical (unpaired) electrons. The lowest BCUT2D eigenvalue weighted by Gasteiger charge is -2.14. The normalized spacial score (nSPS) is 12.2. The molecular formula is C10H12F2N2O3. The molecule has 0 amide bonds. The third-order valence-electron chi connectivity index (χ3n) is 2.04. The number of rotatable bonds is 5. The van der Waals surface area contributed by atoms with Crippen LogP contribution >= 0.6 is 0 Å². The monoisotopic (exact) mass is 246 g/mol. The summed E-state index contributed by atoms with van der Waals surface area (Å²) in [6.07, 6.45) is -0.519. The first-order chi connectivity index (χ1) is 7.97. The molecule has 5 nitrogen and oxygen atoms in total. The predicted octanol–water partition coefficient (Wildman–Crippen LogP) is 1.86. The van der Waals surface area contributed by atoms with Crippen molar-refractivity contribution >= 4 is 5.69 Å². The molecule has 0 saturated heterocycles. The first-order valence-corrected chi connectivity index (χ1v) is 4.91. The Bertz CT molecular complexity index is 426. The van der Waals surface area contributed by atoms with Gasteiger partial charge in [0.2, 0.25) is 11.6 Å². The third-order valence-corrected chi connectivity index (χ3v) is 2.04. The van der Waals surface area contributed by atoms with Gasteiger partial charge in [-0.2, -0.15) is 4.39 Å². The second-order valence-corrected chi connectivity index (χ2v) is 3.45. The Labute approximate surface area is 96.5 Å². The van der Waals surface area contributed by atoms with E-state index < -0.39 is 34.1 Å². The fourth-order valence-corrected chi connectivity index (χ4v) is 1.31. The Morgan fingerprint density at radius 3 is 2.71 bits per heavy atom. The quantitative estimate of drug-likeness (QED) is 0.636. The molecule has 0 aliphatic rings. The van der Waals surface area contributed by atoms with Gasteiger partial charge in [-0.3, -0.25) is 10.1 Å². The summed E-state index contributed by atoms with van der Waals surface area (Å²) in [5.41, 5.74) is -0.591. The zero-order valence-electron chi connectivity index (χ0n) is 9.37. The van der Waals surface area contributed by atoms with Gasteiger partial charge in [-0.25, -0.2) is 4.39 Å². The second-order valence-electron chi connectivity index (χ2n) is 3.45. The van der Waals surface area contributed by atoms with Crippen LogP contribution in [0.2, 0.25) is 0 Å². The zero-order chi connectivity index (χ0) is 13.0. The second kappa shape index (κ2) is 5.53. The molecule has 0 aliphatic carbocycles. The lowest BCUT2D eigenvalue weighted by molar-refractivity contribution is -0.386. The minimum absolute atomic E-state index is 0.354. The molecule has 94 valence electrons. The van der Waals surface area contributed by atoms with E-state index in [2.05, 4.69) is 5.32 Å². The maximum atomic E-state index is 13.4. The fourth-order valence-electron chi connectivity index (χ4n) is 1.31. The molecule has 0 aliphatic heterocycles. The molecule has 17 heavy (non-hydrogen) atoms. The van der Waals surface area contributed by atoms with Crippen LogP contribution in [0.4, 0.5) is 14.5 Å². The molecular weight excluding hydrogens is 234 g/mol. The molecule has 1 aromatic rings. The molecule has 0 saturated carbocycles. The van der Waals surface area contributed by atoms with Gasteiger partial charge in [0.05, 0.1) is 4.92 Å². The molecule has 0 spiro atoms. The lowest BCUT2D eigenvalue weighted by atomic mass is 10.2. The van der Waals surface area contributed by atoms with Gasteiger partial charge in [-0.15, -0.1) is 0 Å². The van der Waals surface area contributed by atoms with E-state index in [-0.39, 0.29) is 0 Å². The van der Waals surface area contributed by atoms with Crippen LogP contribution in [0.15, 0.2) is 12.1 Å². The van der Waals surface area contributed by atoms with Gasteiger partial charge < -0.3 is 10.1 Å². The van der Waals surface area contributed by atoms with Crippen molar-refractivity contribution in [3.8, 4) is 5.75 Å². The number of ether oxygens (including phenoxy) is 1. The maximum absolute atomic E-state index is 13.4. The molecule has 7 heteroatoms. The van der Waals surface area contributed by atoms with E-state index in [1.807, 2.05) is 0 Å². The van der Waals surface area contributed by atoms with E-state index in [0.29, 0.717) is 12.6 Å². The van der Waals surface area contributed by atoms with Gasteiger partial charge in [0, 0.05) is 12.6 Å². The molecule has 0 bridgehead atoms. The summed E-state index contributed by atoms with van der Waals surface area (Å²) < 4.78 is 31.4. The molecule has 1 aromatic carbocycles. The van der Waals surface area contributed by atoms with Gasteiger partial charge in [0.1, 0.15) is 6.10 Å². The first-order valence-electron chi connectivity index (χ1n) is 4.91. The van der Waals surface area contributed by atoms with Crippen LogP contribution < -0.4 is 10.1 Å². The largest absolute Gasteiger partial charge is 0.480 e. The Hall–Kier alpha value is -1.76. The summed E-state index contributed by atoms with van der Waals surface area (Å²) in [7, 11) is 1.65. The van der Waals surface area contributed by atoms with Crippen molar-refractivity contribution in [1.29, 1.82) is 0 Å².